The fraction of sp³-hybridized carbons (Fsp3) is 0.577. The van der Waals surface area contributed by atoms with E-state index in [0.29, 0.717) is 21.1 Å². The maximum absolute atomic E-state index is 9.65. The van der Waals surface area contributed by atoms with Crippen LogP contribution in [0.25, 0.3) is 0 Å². The number of thiocarbonyl (C=S) groups is 1. The lowest BCUT2D eigenvalue weighted by atomic mass is 9.82. The van der Waals surface area contributed by atoms with E-state index >= 15 is 0 Å². The molecule has 1 saturated heterocycles. The van der Waals surface area contributed by atoms with Gasteiger partial charge >= 0.3 is 0 Å². The number of hydrogen-bond acceptors (Lipinski definition) is 10. The molecule has 2 heterocycles. The van der Waals surface area contributed by atoms with E-state index in [1.54, 1.807) is 6.08 Å². The molecule has 2 aliphatic rings. The van der Waals surface area contributed by atoms with E-state index in [0.717, 1.165) is 68.1 Å². The number of fused-ring (bicyclic) bond motifs is 1. The summed E-state index contributed by atoms with van der Waals surface area (Å²) in [6, 6.07) is 2.32. The largest absolute Gasteiger partial charge is 0.397 e. The number of anilines is 1. The second-order valence-electron chi connectivity index (χ2n) is 9.83. The zero-order valence-corrected chi connectivity index (χ0v) is 23.1. The standard InChI is InChI=1S/C26H39N7OS2/c1-16(14-32(3)17(2)15-34)22(33-9-7-31-8-10-33)11-20(28)21(29)12-23(35)18-5-4-6-24-25(18)19(13-27)26(30)36-24/h11-12,16-18,28,31,34H,4-10,14-15,29-30H2,1-3H3/b21-12-,22-11+,28-20?. The van der Waals surface area contributed by atoms with Crippen LogP contribution in [-0.4, -0.2) is 77.9 Å². The zero-order valence-electron chi connectivity index (χ0n) is 21.5. The summed E-state index contributed by atoms with van der Waals surface area (Å²) in [5, 5.41) is 31.9. The molecule has 1 aromatic rings. The van der Waals surface area contributed by atoms with Crippen molar-refractivity contribution < 1.29 is 5.11 Å². The number of aliphatic hydroxyl groups excluding tert-OH is 1. The highest BCUT2D eigenvalue weighted by atomic mass is 32.1. The molecule has 7 N–H and O–H groups in total. The van der Waals surface area contributed by atoms with E-state index in [1.165, 1.54) is 11.3 Å². The van der Waals surface area contributed by atoms with E-state index in [-0.39, 0.29) is 30.2 Å². The van der Waals surface area contributed by atoms with Gasteiger partial charge in [0, 0.05) is 66.0 Å². The van der Waals surface area contributed by atoms with E-state index in [2.05, 4.69) is 28.1 Å². The molecule has 8 nitrogen and oxygen atoms in total. The molecule has 1 fully saturated rings. The van der Waals surface area contributed by atoms with Crippen molar-refractivity contribution in [1.29, 1.82) is 10.7 Å². The number of nitrogens with two attached hydrogens (primary N) is 2. The van der Waals surface area contributed by atoms with Gasteiger partial charge in [-0.05, 0) is 50.9 Å². The Morgan fingerprint density at radius 3 is 2.72 bits per heavy atom. The van der Waals surface area contributed by atoms with Gasteiger partial charge in [0.25, 0.3) is 0 Å². The van der Waals surface area contributed by atoms with Gasteiger partial charge in [-0.1, -0.05) is 19.1 Å². The molecule has 3 atom stereocenters. The monoisotopic (exact) mass is 529 g/mol. The average Bonchev–Trinajstić information content (AvgIpc) is 3.21. The molecule has 196 valence electrons. The minimum atomic E-state index is -0.0811. The molecule has 36 heavy (non-hydrogen) atoms. The van der Waals surface area contributed by atoms with Gasteiger partial charge in [0.05, 0.1) is 23.6 Å². The summed E-state index contributed by atoms with van der Waals surface area (Å²) in [7, 11) is 2.01. The van der Waals surface area contributed by atoms with Crippen molar-refractivity contribution in [1.82, 2.24) is 15.1 Å². The summed E-state index contributed by atoms with van der Waals surface area (Å²) in [5.74, 6) is 0.0672. The van der Waals surface area contributed by atoms with Gasteiger partial charge in [-0.15, -0.1) is 11.3 Å². The first-order valence-corrected chi connectivity index (χ1v) is 13.8. The smallest absolute Gasteiger partial charge is 0.104 e. The van der Waals surface area contributed by atoms with Crippen molar-refractivity contribution in [3.63, 3.8) is 0 Å². The quantitative estimate of drug-likeness (QED) is 0.177. The van der Waals surface area contributed by atoms with E-state index < -0.39 is 0 Å². The molecule has 0 saturated carbocycles. The molecule has 0 amide bonds. The van der Waals surface area contributed by atoms with Crippen LogP contribution >= 0.6 is 23.6 Å². The van der Waals surface area contributed by atoms with E-state index in [9.17, 15) is 10.4 Å². The number of allylic oxidation sites excluding steroid dienone is 2. The van der Waals surface area contributed by atoms with Gasteiger partial charge in [-0.2, -0.15) is 5.26 Å². The number of likely N-dealkylation sites (N-methyl/N-ethyl adjacent to an activating group) is 1. The first kappa shape index (κ1) is 28.3. The number of aliphatic hydroxyl groups is 1. The van der Waals surface area contributed by atoms with Crippen LogP contribution < -0.4 is 16.8 Å². The van der Waals surface area contributed by atoms with Gasteiger partial charge in [-0.25, -0.2) is 0 Å². The van der Waals surface area contributed by atoms with Gasteiger partial charge in [0.15, 0.2) is 0 Å². The third-order valence-electron chi connectivity index (χ3n) is 7.22. The minimum absolute atomic E-state index is 0.0586. The van der Waals surface area contributed by atoms with Crippen molar-refractivity contribution in [2.24, 2.45) is 11.7 Å². The molecule has 10 heteroatoms. The molecule has 1 aromatic heterocycles. The second-order valence-corrected chi connectivity index (χ2v) is 11.4. The van der Waals surface area contributed by atoms with Crippen molar-refractivity contribution >= 4 is 39.1 Å². The van der Waals surface area contributed by atoms with Crippen molar-refractivity contribution in [2.75, 3.05) is 52.1 Å². The van der Waals surface area contributed by atoms with Crippen LogP contribution in [0.3, 0.4) is 0 Å². The summed E-state index contributed by atoms with van der Waals surface area (Å²) in [6.45, 7) is 8.53. The Morgan fingerprint density at radius 1 is 1.39 bits per heavy atom. The molecule has 0 radical (unpaired) electrons. The first-order chi connectivity index (χ1) is 17.2. The maximum atomic E-state index is 9.65. The molecule has 3 unspecified atom stereocenters. The fourth-order valence-electron chi connectivity index (χ4n) is 4.95. The summed E-state index contributed by atoms with van der Waals surface area (Å²) < 4.78 is 0. The predicted octanol–water partition coefficient (Wildman–Crippen LogP) is 2.59. The van der Waals surface area contributed by atoms with Crippen LogP contribution in [0.2, 0.25) is 0 Å². The number of nitrogen functional groups attached to an aromatic ring is 1. The van der Waals surface area contributed by atoms with Gasteiger partial charge < -0.3 is 31.7 Å². The number of thiophene rings is 1. The molecular weight excluding hydrogens is 490 g/mol. The Morgan fingerprint density at radius 2 is 2.08 bits per heavy atom. The molecule has 1 aliphatic heterocycles. The fourth-order valence-corrected chi connectivity index (χ4v) is 6.44. The Kier molecular flexibility index (Phi) is 10.0. The molecule has 3 rings (SSSR count). The predicted molar refractivity (Wildman–Crippen MR) is 153 cm³/mol. The van der Waals surface area contributed by atoms with E-state index in [1.807, 2.05) is 20.0 Å². The van der Waals surface area contributed by atoms with Gasteiger partial charge in [0.2, 0.25) is 0 Å². The SMILES string of the molecule is CC(CN(C)C(C)CO)/C(=C\C(=N)/C(N)=C/C(=S)C1CCCc2sc(N)c(C#N)c21)N1CCNCC1. The van der Waals surface area contributed by atoms with Crippen molar-refractivity contribution in [3.8, 4) is 6.07 Å². The molecule has 1 aliphatic carbocycles. The topological polar surface area (TPSA) is 138 Å². The number of nitriles is 1. The third-order valence-corrected chi connectivity index (χ3v) is 8.71. The third kappa shape index (κ3) is 6.52. The van der Waals surface area contributed by atoms with Crippen LogP contribution in [0.1, 0.15) is 48.6 Å². The van der Waals surface area contributed by atoms with Crippen molar-refractivity contribution in [3.05, 3.63) is 39.6 Å². The van der Waals surface area contributed by atoms with Crippen LogP contribution in [0.4, 0.5) is 5.00 Å². The average molecular weight is 530 g/mol. The first-order valence-electron chi connectivity index (χ1n) is 12.6. The van der Waals surface area contributed by atoms with Gasteiger partial charge in [-0.3, -0.25) is 5.41 Å². The lowest BCUT2D eigenvalue weighted by Crippen LogP contribution is -2.45. The normalized spacial score (nSPS) is 20.6. The van der Waals surface area contributed by atoms with E-state index in [4.69, 9.17) is 29.1 Å². The van der Waals surface area contributed by atoms with Crippen LogP contribution in [0.5, 0.6) is 0 Å². The number of nitrogens with zero attached hydrogens (tertiary/aromatic N) is 3. The molecular formula is C26H39N7OS2. The van der Waals surface area contributed by atoms with Crippen LogP contribution in [0.15, 0.2) is 23.5 Å². The Bertz CT molecular complexity index is 1070. The summed E-state index contributed by atoms with van der Waals surface area (Å²) in [4.78, 5) is 6.24. The summed E-state index contributed by atoms with van der Waals surface area (Å²) in [5.41, 5.74) is 15.6. The number of nitrogens with one attached hydrogen (secondary N) is 2. The lowest BCUT2D eigenvalue weighted by molar-refractivity contribution is 0.142. The zero-order chi connectivity index (χ0) is 26.4. The summed E-state index contributed by atoms with van der Waals surface area (Å²) in [6.07, 6.45) is 6.35. The highest BCUT2D eigenvalue weighted by Crippen LogP contribution is 2.42. The number of aryl methyl sites for hydroxylation is 1. The Balaban J connectivity index is 1.84. The number of rotatable bonds is 10. The lowest BCUT2D eigenvalue weighted by Gasteiger charge is -2.36. The second kappa shape index (κ2) is 12.8. The number of hydrogen-bond donors (Lipinski definition) is 5. The molecule has 0 spiro atoms. The van der Waals surface area contributed by atoms with Crippen molar-refractivity contribution in [2.45, 2.75) is 45.1 Å². The van der Waals surface area contributed by atoms with Crippen LogP contribution in [-0.2, 0) is 6.42 Å². The summed E-state index contributed by atoms with van der Waals surface area (Å²) >= 11 is 7.27. The Labute approximate surface area is 224 Å². The highest BCUT2D eigenvalue weighted by molar-refractivity contribution is 7.80. The Hall–Kier alpha value is -2.29. The van der Waals surface area contributed by atoms with Gasteiger partial charge in [0.1, 0.15) is 11.1 Å². The maximum Gasteiger partial charge on any atom is 0.104 e. The van der Waals surface area contributed by atoms with Crippen LogP contribution in [0, 0.1) is 22.7 Å². The minimum Gasteiger partial charge on any atom is -0.397 e. The molecule has 0 aromatic carbocycles. The number of piperazine rings is 1. The molecule has 0 bridgehead atoms. The highest BCUT2D eigenvalue weighted by Gasteiger charge is 2.30.